The van der Waals surface area contributed by atoms with Crippen molar-refractivity contribution in [1.82, 2.24) is 0 Å². The number of carbonyl (C=O) groups excluding carboxylic acids is 1. The van der Waals surface area contributed by atoms with E-state index in [9.17, 15) is 9.90 Å². The largest absolute Gasteiger partial charge is 0.506 e. The molecule has 0 radical (unpaired) electrons. The van der Waals surface area contributed by atoms with E-state index in [1.165, 1.54) is 18.2 Å². The number of halogens is 3. The highest BCUT2D eigenvalue weighted by Gasteiger charge is 2.09. The van der Waals surface area contributed by atoms with Gasteiger partial charge in [-0.25, -0.2) is 0 Å². The van der Waals surface area contributed by atoms with Gasteiger partial charge in [0.2, 0.25) is 0 Å². The van der Waals surface area contributed by atoms with Crippen LogP contribution in [0.4, 0.5) is 5.69 Å². The quantitative estimate of drug-likeness (QED) is 0.814. The molecule has 0 bridgehead atoms. The molecule has 0 atom stereocenters. The van der Waals surface area contributed by atoms with Gasteiger partial charge < -0.3 is 10.4 Å². The maximum Gasteiger partial charge on any atom is 0.255 e. The average molecular weight is 361 g/mol. The van der Waals surface area contributed by atoms with Crippen LogP contribution in [-0.4, -0.2) is 11.0 Å². The number of nitrogens with one attached hydrogen (secondary N) is 1. The van der Waals surface area contributed by atoms with Gasteiger partial charge in [-0.2, -0.15) is 0 Å². The molecule has 2 aromatic carbocycles. The molecule has 3 nitrogen and oxygen atoms in total. The van der Waals surface area contributed by atoms with Crippen LogP contribution in [0.25, 0.3) is 0 Å². The number of hydrogen-bond donors (Lipinski definition) is 2. The van der Waals surface area contributed by atoms with Crippen molar-refractivity contribution in [3.63, 3.8) is 0 Å². The van der Waals surface area contributed by atoms with Gasteiger partial charge in [0, 0.05) is 15.7 Å². The lowest BCUT2D eigenvalue weighted by atomic mass is 10.2. The Morgan fingerprint density at radius 3 is 2.47 bits per heavy atom. The van der Waals surface area contributed by atoms with E-state index in [-0.39, 0.29) is 16.7 Å². The zero-order valence-electron chi connectivity index (χ0n) is 9.45. The normalized spacial score (nSPS) is 10.3. The Morgan fingerprint density at radius 1 is 1.11 bits per heavy atom. The van der Waals surface area contributed by atoms with Gasteiger partial charge >= 0.3 is 0 Å². The molecule has 0 saturated carbocycles. The number of benzene rings is 2. The van der Waals surface area contributed by atoms with Gasteiger partial charge in [0.1, 0.15) is 5.75 Å². The summed E-state index contributed by atoms with van der Waals surface area (Å²) < 4.78 is 0.750. The molecule has 2 aromatic rings. The predicted molar refractivity (Wildman–Crippen MR) is 80.2 cm³/mol. The number of amides is 1. The average Bonchev–Trinajstić information content (AvgIpc) is 2.37. The van der Waals surface area contributed by atoms with Crippen molar-refractivity contribution in [3.8, 4) is 5.75 Å². The highest BCUT2D eigenvalue weighted by Crippen LogP contribution is 2.27. The summed E-state index contributed by atoms with van der Waals surface area (Å²) in [4.78, 5) is 12.0. The number of carbonyl (C=O) groups is 1. The third-order valence-electron chi connectivity index (χ3n) is 2.39. The fourth-order valence-electron chi connectivity index (χ4n) is 1.43. The summed E-state index contributed by atoms with van der Waals surface area (Å²) in [6, 6.07) is 9.33. The van der Waals surface area contributed by atoms with E-state index in [0.717, 1.165) is 4.47 Å². The highest BCUT2D eigenvalue weighted by atomic mass is 79.9. The molecule has 0 saturated heterocycles. The first kappa shape index (κ1) is 14.2. The van der Waals surface area contributed by atoms with Crippen molar-refractivity contribution in [2.75, 3.05) is 5.32 Å². The van der Waals surface area contributed by atoms with Gasteiger partial charge in [0.15, 0.2) is 0 Å². The lowest BCUT2D eigenvalue weighted by Gasteiger charge is -2.07. The topological polar surface area (TPSA) is 49.3 Å². The van der Waals surface area contributed by atoms with Gasteiger partial charge in [-0.15, -0.1) is 0 Å². The van der Waals surface area contributed by atoms with Crippen molar-refractivity contribution in [1.29, 1.82) is 0 Å². The lowest BCUT2D eigenvalue weighted by Crippen LogP contribution is -2.11. The molecule has 0 unspecified atom stereocenters. The van der Waals surface area contributed by atoms with Gasteiger partial charge in [0.25, 0.3) is 5.91 Å². The molecule has 0 aliphatic heterocycles. The number of phenols is 1. The summed E-state index contributed by atoms with van der Waals surface area (Å²) in [6.07, 6.45) is 0. The Morgan fingerprint density at radius 2 is 1.84 bits per heavy atom. The Bertz CT molecular complexity index is 647. The van der Waals surface area contributed by atoms with Crippen molar-refractivity contribution in [2.45, 2.75) is 0 Å². The van der Waals surface area contributed by atoms with Gasteiger partial charge in [-0.3, -0.25) is 4.79 Å². The number of anilines is 1. The maximum absolute atomic E-state index is 12.0. The zero-order valence-corrected chi connectivity index (χ0v) is 12.6. The standard InChI is InChI=1S/C13H8BrCl2NO2/c14-9-3-2-8(6-10(9)15)17-13(19)7-1-4-12(18)11(16)5-7/h1-6,18H,(H,17,19). The van der Waals surface area contributed by atoms with E-state index in [1.807, 2.05) is 0 Å². The first-order chi connectivity index (χ1) is 8.97. The Labute approximate surface area is 128 Å². The molecule has 0 heterocycles. The summed E-state index contributed by atoms with van der Waals surface area (Å²) in [5.74, 6) is -0.398. The molecule has 19 heavy (non-hydrogen) atoms. The molecule has 0 aromatic heterocycles. The minimum Gasteiger partial charge on any atom is -0.506 e. The van der Waals surface area contributed by atoms with E-state index in [2.05, 4.69) is 21.2 Å². The number of aromatic hydroxyl groups is 1. The summed E-state index contributed by atoms with van der Waals surface area (Å²) in [5.41, 5.74) is 0.921. The maximum atomic E-state index is 12.0. The zero-order chi connectivity index (χ0) is 14.0. The van der Waals surface area contributed by atoms with E-state index in [0.29, 0.717) is 16.3 Å². The molecule has 6 heteroatoms. The number of rotatable bonds is 2. The molecular weight excluding hydrogens is 353 g/mol. The molecule has 2 N–H and O–H groups in total. The molecule has 0 aliphatic rings. The Kier molecular flexibility index (Phi) is 4.34. The third kappa shape index (κ3) is 3.41. The molecule has 2 rings (SSSR count). The molecule has 1 amide bonds. The van der Waals surface area contributed by atoms with Gasteiger partial charge in [-0.1, -0.05) is 23.2 Å². The molecular formula is C13H8BrCl2NO2. The predicted octanol–water partition coefficient (Wildman–Crippen LogP) is 4.71. The highest BCUT2D eigenvalue weighted by molar-refractivity contribution is 9.10. The monoisotopic (exact) mass is 359 g/mol. The first-order valence-electron chi connectivity index (χ1n) is 5.22. The summed E-state index contributed by atoms with van der Waals surface area (Å²) in [6.45, 7) is 0. The number of hydrogen-bond acceptors (Lipinski definition) is 2. The van der Waals surface area contributed by atoms with Gasteiger partial charge in [0.05, 0.1) is 10.0 Å². The van der Waals surface area contributed by atoms with Crippen molar-refractivity contribution < 1.29 is 9.90 Å². The SMILES string of the molecule is O=C(Nc1ccc(Br)c(Cl)c1)c1ccc(O)c(Cl)c1. The first-order valence-corrected chi connectivity index (χ1v) is 6.77. The van der Waals surface area contributed by atoms with Crippen molar-refractivity contribution >= 4 is 50.7 Å². The van der Waals surface area contributed by atoms with Gasteiger partial charge in [-0.05, 0) is 52.3 Å². The van der Waals surface area contributed by atoms with Crippen LogP contribution in [0.5, 0.6) is 5.75 Å². The molecule has 0 spiro atoms. The lowest BCUT2D eigenvalue weighted by molar-refractivity contribution is 0.102. The molecule has 0 fully saturated rings. The van der Waals surface area contributed by atoms with Crippen molar-refractivity contribution in [3.05, 3.63) is 56.5 Å². The van der Waals surface area contributed by atoms with Crippen LogP contribution in [0.3, 0.4) is 0 Å². The minimum absolute atomic E-state index is 0.0649. The number of phenolic OH excluding ortho intramolecular Hbond substituents is 1. The fourth-order valence-corrected chi connectivity index (χ4v) is 2.03. The van der Waals surface area contributed by atoms with Crippen LogP contribution in [0.2, 0.25) is 10.0 Å². The summed E-state index contributed by atoms with van der Waals surface area (Å²) in [5, 5.41) is 12.6. The second kappa shape index (κ2) is 5.82. The van der Waals surface area contributed by atoms with E-state index < -0.39 is 0 Å². The fraction of sp³-hybridized carbons (Fsp3) is 0. The van der Waals surface area contributed by atoms with E-state index >= 15 is 0 Å². The van der Waals surface area contributed by atoms with Crippen LogP contribution in [-0.2, 0) is 0 Å². The van der Waals surface area contributed by atoms with Crippen LogP contribution in [0, 0.1) is 0 Å². The summed E-state index contributed by atoms with van der Waals surface area (Å²) in [7, 11) is 0. The second-order valence-electron chi connectivity index (χ2n) is 3.75. The summed E-state index contributed by atoms with van der Waals surface area (Å²) >= 11 is 15.0. The van der Waals surface area contributed by atoms with E-state index in [1.54, 1.807) is 18.2 Å². The third-order valence-corrected chi connectivity index (χ3v) is 3.92. The van der Waals surface area contributed by atoms with Crippen LogP contribution < -0.4 is 5.32 Å². The molecule has 98 valence electrons. The Hall–Kier alpha value is -1.23. The van der Waals surface area contributed by atoms with Crippen LogP contribution in [0.15, 0.2) is 40.9 Å². The van der Waals surface area contributed by atoms with Crippen LogP contribution >= 0.6 is 39.1 Å². The second-order valence-corrected chi connectivity index (χ2v) is 5.42. The molecule has 0 aliphatic carbocycles. The minimum atomic E-state index is -0.333. The Balaban J connectivity index is 2.20. The smallest absolute Gasteiger partial charge is 0.255 e. The van der Waals surface area contributed by atoms with E-state index in [4.69, 9.17) is 23.2 Å². The van der Waals surface area contributed by atoms with Crippen molar-refractivity contribution in [2.24, 2.45) is 0 Å². The van der Waals surface area contributed by atoms with Crippen LogP contribution in [0.1, 0.15) is 10.4 Å².